The monoisotopic (exact) mass is 581 g/mol. The Morgan fingerprint density at radius 3 is 2.33 bits per heavy atom. The summed E-state index contributed by atoms with van der Waals surface area (Å²) in [6.45, 7) is 4.40. The average Bonchev–Trinajstić information content (AvgIpc) is 2.98. The number of anilines is 1. The van der Waals surface area contributed by atoms with Crippen molar-refractivity contribution in [3.05, 3.63) is 47.8 Å². The molecule has 1 aromatic carbocycles. The van der Waals surface area contributed by atoms with Crippen LogP contribution in [-0.2, 0) is 39.9 Å². The average molecular weight is 582 g/mol. The molecule has 13 heteroatoms. The van der Waals surface area contributed by atoms with Gasteiger partial charge >= 0.3 is 5.97 Å². The van der Waals surface area contributed by atoms with Crippen molar-refractivity contribution in [3.63, 3.8) is 0 Å². The minimum atomic E-state index is -1.76. The molecule has 1 aromatic heterocycles. The lowest BCUT2D eigenvalue weighted by Crippen LogP contribution is -2.47. The van der Waals surface area contributed by atoms with E-state index in [9.17, 15) is 38.7 Å². The molecule has 1 saturated carbocycles. The number of amides is 2. The van der Waals surface area contributed by atoms with E-state index in [1.807, 2.05) is 0 Å². The number of carbonyl (C=O) groups is 7. The van der Waals surface area contributed by atoms with E-state index in [1.165, 1.54) is 26.3 Å². The first-order chi connectivity index (χ1) is 19.9. The second-order valence-electron chi connectivity index (χ2n) is 10.1. The molecule has 13 nitrogen and oxygen atoms in total. The maximum absolute atomic E-state index is 13.6. The van der Waals surface area contributed by atoms with Gasteiger partial charge in [0, 0.05) is 24.4 Å². The summed E-state index contributed by atoms with van der Waals surface area (Å²) in [5.41, 5.74) is 0.464. The molecule has 1 aliphatic carbocycles. The lowest BCUT2D eigenvalue weighted by Gasteiger charge is -2.29. The van der Waals surface area contributed by atoms with Gasteiger partial charge in [-0.2, -0.15) is 0 Å². The number of nitrogens with zero attached hydrogens (tertiary/aromatic N) is 1. The van der Waals surface area contributed by atoms with Crippen molar-refractivity contribution < 1.29 is 48.1 Å². The number of methoxy groups -OCH3 is 1. The second kappa shape index (κ2) is 13.6. The van der Waals surface area contributed by atoms with Gasteiger partial charge in [-0.1, -0.05) is 32.9 Å². The third-order valence-electron chi connectivity index (χ3n) is 6.85. The second-order valence-corrected chi connectivity index (χ2v) is 10.1. The van der Waals surface area contributed by atoms with Gasteiger partial charge in [0.2, 0.25) is 29.5 Å². The van der Waals surface area contributed by atoms with Gasteiger partial charge in [-0.15, -0.1) is 0 Å². The first kappa shape index (κ1) is 31.6. The van der Waals surface area contributed by atoms with E-state index < -0.39 is 82.8 Å². The third kappa shape index (κ3) is 7.03. The van der Waals surface area contributed by atoms with Crippen molar-refractivity contribution in [2.45, 2.75) is 45.8 Å². The van der Waals surface area contributed by atoms with Crippen LogP contribution in [0, 0.1) is 17.8 Å². The Bertz CT molecular complexity index is 1400. The largest absolute Gasteiger partial charge is 0.503 e. The summed E-state index contributed by atoms with van der Waals surface area (Å²) in [5.74, 6) is -10.2. The summed E-state index contributed by atoms with van der Waals surface area (Å²) in [5, 5.41) is 15.0. The molecule has 2 aromatic rings. The molecule has 2 amide bonds. The van der Waals surface area contributed by atoms with Crippen LogP contribution in [0.25, 0.3) is 0 Å². The molecule has 0 unspecified atom stereocenters. The Morgan fingerprint density at radius 2 is 1.74 bits per heavy atom. The Hall–Kier alpha value is -4.94. The maximum Gasteiger partial charge on any atom is 0.308 e. The minimum Gasteiger partial charge on any atom is -0.503 e. The Morgan fingerprint density at radius 1 is 1.07 bits per heavy atom. The number of ketones is 4. The van der Waals surface area contributed by atoms with E-state index in [0.29, 0.717) is 17.7 Å². The summed E-state index contributed by atoms with van der Waals surface area (Å²) in [7, 11) is 1.25. The standard InChI is InChI=1S/C29H31N3O10/c1-14(2)29(40)42-27-15(3)23(35)25(37)19(32-28(39)22-26(38)21(41-4)9-10-30-22)12-20(34)24(36)18(27)11-16-5-7-17(8-6-16)31-13-33/h5-10,13-15,18-19,27,38H,11-12H2,1-4H3,(H,31,33)(H,32,39)/t15-,18+,19+,27-/m1/s1. The van der Waals surface area contributed by atoms with Crippen LogP contribution in [0.15, 0.2) is 36.5 Å². The molecule has 4 atom stereocenters. The predicted molar refractivity (Wildman–Crippen MR) is 146 cm³/mol. The van der Waals surface area contributed by atoms with Gasteiger partial charge < -0.3 is 25.2 Å². The molecule has 1 fully saturated rings. The number of rotatable bonds is 9. The zero-order chi connectivity index (χ0) is 31.1. The van der Waals surface area contributed by atoms with E-state index in [2.05, 4.69) is 15.6 Å². The lowest BCUT2D eigenvalue weighted by atomic mass is 9.81. The van der Waals surface area contributed by atoms with Gasteiger partial charge in [0.1, 0.15) is 12.1 Å². The highest BCUT2D eigenvalue weighted by atomic mass is 16.5. The molecular weight excluding hydrogens is 550 g/mol. The number of aromatic nitrogens is 1. The third-order valence-corrected chi connectivity index (χ3v) is 6.85. The smallest absolute Gasteiger partial charge is 0.308 e. The first-order valence-electron chi connectivity index (χ1n) is 13.1. The Labute approximate surface area is 241 Å². The highest BCUT2D eigenvalue weighted by molar-refractivity contribution is 6.44. The Kier molecular flexibility index (Phi) is 10.2. The van der Waals surface area contributed by atoms with Crippen molar-refractivity contribution in [1.29, 1.82) is 0 Å². The van der Waals surface area contributed by atoms with Crippen LogP contribution in [0.5, 0.6) is 11.5 Å². The Balaban J connectivity index is 2.00. The van der Waals surface area contributed by atoms with Crippen LogP contribution >= 0.6 is 0 Å². The van der Waals surface area contributed by atoms with Gasteiger partial charge in [-0.25, -0.2) is 4.98 Å². The van der Waals surface area contributed by atoms with Crippen LogP contribution in [0.3, 0.4) is 0 Å². The lowest BCUT2D eigenvalue weighted by molar-refractivity contribution is -0.163. The predicted octanol–water partition coefficient (Wildman–Crippen LogP) is 1.21. The molecule has 0 aliphatic heterocycles. The summed E-state index contributed by atoms with van der Waals surface area (Å²) >= 11 is 0. The molecule has 1 aliphatic rings. The topological polar surface area (TPSA) is 195 Å². The minimum absolute atomic E-state index is 0.0838. The van der Waals surface area contributed by atoms with Gasteiger partial charge in [0.25, 0.3) is 5.91 Å². The van der Waals surface area contributed by atoms with E-state index in [-0.39, 0.29) is 12.2 Å². The summed E-state index contributed by atoms with van der Waals surface area (Å²) in [6.07, 6.45) is -0.802. The van der Waals surface area contributed by atoms with Gasteiger partial charge in [-0.05, 0) is 24.1 Å². The zero-order valence-electron chi connectivity index (χ0n) is 23.4. The van der Waals surface area contributed by atoms with Crippen LogP contribution in [-0.4, -0.2) is 70.8 Å². The number of pyridine rings is 1. The summed E-state index contributed by atoms with van der Waals surface area (Å²) < 4.78 is 10.5. The fourth-order valence-electron chi connectivity index (χ4n) is 4.46. The van der Waals surface area contributed by atoms with E-state index in [4.69, 9.17) is 9.47 Å². The van der Waals surface area contributed by atoms with Gasteiger partial charge in [-0.3, -0.25) is 33.6 Å². The van der Waals surface area contributed by atoms with Crippen LogP contribution in [0.4, 0.5) is 5.69 Å². The maximum atomic E-state index is 13.6. The highest BCUT2D eigenvalue weighted by Gasteiger charge is 2.46. The number of ether oxygens (including phenoxy) is 2. The molecule has 222 valence electrons. The molecule has 0 bridgehead atoms. The number of benzene rings is 1. The van der Waals surface area contributed by atoms with E-state index in [1.54, 1.807) is 38.1 Å². The van der Waals surface area contributed by atoms with E-state index >= 15 is 0 Å². The fourth-order valence-corrected chi connectivity index (χ4v) is 4.46. The molecular formula is C29H31N3O10. The van der Waals surface area contributed by atoms with Crippen molar-refractivity contribution in [3.8, 4) is 11.5 Å². The molecule has 1 heterocycles. The SMILES string of the molecule is COc1ccnc(C(=O)N[C@H]2CC(=O)C(=O)[C@H](Cc3ccc(NC=O)cc3)[C@H](OC(=O)C(C)C)[C@H](C)C(=O)C2=O)c1O. The molecule has 0 radical (unpaired) electrons. The molecule has 0 spiro atoms. The normalized spacial score (nSPS) is 21.2. The van der Waals surface area contributed by atoms with Crippen LogP contribution in [0.1, 0.15) is 43.2 Å². The summed E-state index contributed by atoms with van der Waals surface area (Å²) in [6, 6.07) is 5.83. The van der Waals surface area contributed by atoms with Crippen LogP contribution in [0.2, 0.25) is 0 Å². The number of hydrogen-bond acceptors (Lipinski definition) is 11. The molecule has 3 rings (SSSR count). The van der Waals surface area contributed by atoms with Crippen molar-refractivity contribution >= 4 is 47.1 Å². The number of Topliss-reactive ketones (excluding diaryl/α,β-unsaturated/α-hetero) is 4. The van der Waals surface area contributed by atoms with Gasteiger partial charge in [0.05, 0.1) is 24.9 Å². The first-order valence-corrected chi connectivity index (χ1v) is 13.1. The van der Waals surface area contributed by atoms with Gasteiger partial charge in [0.15, 0.2) is 17.2 Å². The number of aromatic hydroxyl groups is 1. The number of esters is 1. The fraction of sp³-hybridized carbons (Fsp3) is 0.379. The molecule has 0 saturated heterocycles. The number of nitrogens with one attached hydrogen (secondary N) is 2. The van der Waals surface area contributed by atoms with Crippen molar-refractivity contribution in [1.82, 2.24) is 10.3 Å². The number of carbonyl (C=O) groups excluding carboxylic acids is 7. The quantitative estimate of drug-likeness (QED) is 0.219. The highest BCUT2D eigenvalue weighted by Crippen LogP contribution is 2.30. The van der Waals surface area contributed by atoms with Crippen molar-refractivity contribution in [2.24, 2.45) is 17.8 Å². The zero-order valence-corrected chi connectivity index (χ0v) is 23.4. The van der Waals surface area contributed by atoms with Crippen LogP contribution < -0.4 is 15.4 Å². The van der Waals surface area contributed by atoms with Crippen molar-refractivity contribution in [2.75, 3.05) is 12.4 Å². The molecule has 3 N–H and O–H groups in total. The summed E-state index contributed by atoms with van der Waals surface area (Å²) in [4.78, 5) is 93.6. The number of hydrogen-bond donors (Lipinski definition) is 3. The molecule has 42 heavy (non-hydrogen) atoms. The van der Waals surface area contributed by atoms with E-state index in [0.717, 1.165) is 0 Å².